The second-order valence-electron chi connectivity index (χ2n) is 0.785. The summed E-state index contributed by atoms with van der Waals surface area (Å²) in [5.74, 6) is 0. The lowest BCUT2D eigenvalue weighted by atomic mass is 11.0. The van der Waals surface area contributed by atoms with Gasteiger partial charge in [0.15, 0.2) is 3.92 Å². The highest BCUT2D eigenvalue weighted by Crippen LogP contribution is 2.10. The van der Waals surface area contributed by atoms with Crippen molar-refractivity contribution in [1.82, 2.24) is 4.98 Å². The molecule has 0 aromatic carbocycles. The van der Waals surface area contributed by atoms with E-state index in [1.54, 1.807) is 17.5 Å². The van der Waals surface area contributed by atoms with E-state index in [9.17, 15) is 0 Å². The van der Waals surface area contributed by atoms with Crippen LogP contribution >= 0.6 is 27.3 Å². The summed E-state index contributed by atoms with van der Waals surface area (Å²) in [4.78, 5) is 3.85. The van der Waals surface area contributed by atoms with E-state index in [-0.39, 0.29) is 0 Å². The van der Waals surface area contributed by atoms with Gasteiger partial charge in [-0.25, -0.2) is 4.98 Å². The lowest BCUT2D eigenvalue weighted by Crippen LogP contribution is -1.47. The first-order valence-corrected chi connectivity index (χ1v) is 4.12. The Morgan fingerprint density at radius 2 is 2.25 bits per heavy atom. The molecule has 0 atom stereocenters. The first-order chi connectivity index (χ1) is 3.89. The minimum atomic E-state index is 0.947. The van der Waals surface area contributed by atoms with Crippen molar-refractivity contribution in [3.8, 4) is 0 Å². The zero-order chi connectivity index (χ0) is 6.41. The van der Waals surface area contributed by atoms with Gasteiger partial charge in [0.2, 0.25) is 0 Å². The van der Waals surface area contributed by atoms with E-state index in [1.165, 1.54) is 0 Å². The van der Waals surface area contributed by atoms with E-state index in [0.717, 1.165) is 3.92 Å². The first kappa shape index (κ1) is 8.11. The zero-order valence-electron chi connectivity index (χ0n) is 4.89. The van der Waals surface area contributed by atoms with Crippen molar-refractivity contribution in [2.24, 2.45) is 0 Å². The van der Waals surface area contributed by atoms with Gasteiger partial charge in [0, 0.05) is 11.6 Å². The van der Waals surface area contributed by atoms with Gasteiger partial charge in [-0.1, -0.05) is 13.8 Å². The fourth-order valence-corrected chi connectivity index (χ4v) is 1.00. The summed E-state index contributed by atoms with van der Waals surface area (Å²) >= 11 is 4.77. The Morgan fingerprint density at radius 1 is 1.62 bits per heavy atom. The van der Waals surface area contributed by atoms with E-state index in [4.69, 9.17) is 0 Å². The van der Waals surface area contributed by atoms with Crippen LogP contribution in [0.4, 0.5) is 0 Å². The third-order valence-corrected chi connectivity index (χ3v) is 1.73. The van der Waals surface area contributed by atoms with Crippen LogP contribution in [0.1, 0.15) is 13.8 Å². The average molecular weight is 194 g/mol. The summed E-state index contributed by atoms with van der Waals surface area (Å²) in [7, 11) is 0. The highest BCUT2D eigenvalue weighted by molar-refractivity contribution is 9.11. The van der Waals surface area contributed by atoms with Crippen molar-refractivity contribution >= 4 is 27.3 Å². The number of hydrogen-bond acceptors (Lipinski definition) is 2. The molecule has 0 spiro atoms. The molecule has 0 saturated heterocycles. The topological polar surface area (TPSA) is 12.9 Å². The van der Waals surface area contributed by atoms with Crippen molar-refractivity contribution in [3.63, 3.8) is 0 Å². The molecule has 1 nitrogen and oxygen atoms in total. The molecular formula is C5H8BrNS. The number of aromatic nitrogens is 1. The van der Waals surface area contributed by atoms with Crippen LogP contribution in [0.5, 0.6) is 0 Å². The molecule has 0 unspecified atom stereocenters. The molecule has 0 fully saturated rings. The molecule has 0 radical (unpaired) electrons. The molecule has 0 aliphatic carbocycles. The Balaban J connectivity index is 0.000000222. The second kappa shape index (κ2) is 5.25. The van der Waals surface area contributed by atoms with Crippen molar-refractivity contribution in [3.05, 3.63) is 15.5 Å². The van der Waals surface area contributed by atoms with Crippen molar-refractivity contribution < 1.29 is 0 Å². The highest BCUT2D eigenvalue weighted by Gasteiger charge is 1.79. The van der Waals surface area contributed by atoms with Gasteiger partial charge in [-0.05, 0) is 15.9 Å². The number of hydrogen-bond donors (Lipinski definition) is 0. The number of nitrogens with zero attached hydrogens (tertiary/aromatic N) is 1. The van der Waals surface area contributed by atoms with E-state index >= 15 is 0 Å². The third-order valence-electron chi connectivity index (χ3n) is 0.402. The molecule has 0 bridgehead atoms. The van der Waals surface area contributed by atoms with Gasteiger partial charge in [0.05, 0.1) is 0 Å². The Bertz CT molecular complexity index is 116. The van der Waals surface area contributed by atoms with Crippen LogP contribution in [-0.4, -0.2) is 4.98 Å². The van der Waals surface area contributed by atoms with E-state index in [0.29, 0.717) is 0 Å². The summed E-state index contributed by atoms with van der Waals surface area (Å²) in [5.41, 5.74) is 0. The van der Waals surface area contributed by atoms with Gasteiger partial charge in [-0.3, -0.25) is 0 Å². The predicted molar refractivity (Wildman–Crippen MR) is 41.2 cm³/mol. The largest absolute Gasteiger partial charge is 0.238 e. The molecular weight excluding hydrogens is 186 g/mol. The molecule has 0 aliphatic rings. The molecule has 0 saturated carbocycles. The van der Waals surface area contributed by atoms with Gasteiger partial charge < -0.3 is 0 Å². The van der Waals surface area contributed by atoms with Crippen molar-refractivity contribution in [2.45, 2.75) is 13.8 Å². The standard InChI is InChI=1S/C3H2BrNS.C2H6/c4-3-5-1-2-6-3;1-2/h1-2H;1-2H3. The maximum absolute atomic E-state index is 3.85. The average Bonchev–Trinajstić information content (AvgIpc) is 2.24. The summed E-state index contributed by atoms with van der Waals surface area (Å²) in [6.07, 6.45) is 1.76. The van der Waals surface area contributed by atoms with Crippen LogP contribution < -0.4 is 0 Å². The Morgan fingerprint density at radius 3 is 2.38 bits per heavy atom. The molecule has 0 amide bonds. The SMILES string of the molecule is Brc1nccs1.CC. The number of halogens is 1. The molecule has 3 heteroatoms. The molecule has 0 aliphatic heterocycles. The van der Waals surface area contributed by atoms with Crippen LogP contribution in [0, 0.1) is 0 Å². The van der Waals surface area contributed by atoms with Crippen LogP contribution in [0.2, 0.25) is 0 Å². The third kappa shape index (κ3) is 3.16. The molecule has 1 aromatic heterocycles. The van der Waals surface area contributed by atoms with Gasteiger partial charge in [0.25, 0.3) is 0 Å². The molecule has 1 rings (SSSR count). The summed E-state index contributed by atoms with van der Waals surface area (Å²) < 4.78 is 0.947. The Labute approximate surface area is 61.9 Å². The molecule has 1 heterocycles. The van der Waals surface area contributed by atoms with E-state index in [1.807, 2.05) is 19.2 Å². The summed E-state index contributed by atoms with van der Waals surface area (Å²) in [6.45, 7) is 4.00. The van der Waals surface area contributed by atoms with Gasteiger partial charge in [-0.15, -0.1) is 11.3 Å². The maximum atomic E-state index is 3.85. The quantitative estimate of drug-likeness (QED) is 0.618. The number of thiazole rings is 1. The zero-order valence-corrected chi connectivity index (χ0v) is 7.29. The Kier molecular flexibility index (Phi) is 5.32. The Hall–Kier alpha value is 0.110. The van der Waals surface area contributed by atoms with Crippen LogP contribution in [-0.2, 0) is 0 Å². The molecule has 8 heavy (non-hydrogen) atoms. The minimum Gasteiger partial charge on any atom is -0.238 e. The van der Waals surface area contributed by atoms with Crippen LogP contribution in [0.3, 0.4) is 0 Å². The number of rotatable bonds is 0. The molecule has 1 aromatic rings. The first-order valence-electron chi connectivity index (χ1n) is 2.44. The highest BCUT2D eigenvalue weighted by atomic mass is 79.9. The van der Waals surface area contributed by atoms with Gasteiger partial charge >= 0.3 is 0 Å². The van der Waals surface area contributed by atoms with E-state index < -0.39 is 0 Å². The summed E-state index contributed by atoms with van der Waals surface area (Å²) in [6, 6.07) is 0. The van der Waals surface area contributed by atoms with E-state index in [2.05, 4.69) is 20.9 Å². The lowest BCUT2D eigenvalue weighted by molar-refractivity contribution is 1.38. The van der Waals surface area contributed by atoms with Gasteiger partial charge in [-0.2, -0.15) is 0 Å². The normalized spacial score (nSPS) is 7.38. The maximum Gasteiger partial charge on any atom is 0.159 e. The lowest BCUT2D eigenvalue weighted by Gasteiger charge is -1.61. The second-order valence-corrected chi connectivity index (χ2v) is 2.96. The van der Waals surface area contributed by atoms with Crippen LogP contribution in [0.15, 0.2) is 15.5 Å². The molecule has 46 valence electrons. The molecule has 0 N–H and O–H groups in total. The van der Waals surface area contributed by atoms with Crippen molar-refractivity contribution in [1.29, 1.82) is 0 Å². The monoisotopic (exact) mass is 193 g/mol. The van der Waals surface area contributed by atoms with Crippen LogP contribution in [0.25, 0.3) is 0 Å². The predicted octanol–water partition coefficient (Wildman–Crippen LogP) is 2.93. The van der Waals surface area contributed by atoms with Crippen molar-refractivity contribution in [2.75, 3.05) is 0 Å². The summed E-state index contributed by atoms with van der Waals surface area (Å²) in [5, 5.41) is 1.92. The minimum absolute atomic E-state index is 0.947. The smallest absolute Gasteiger partial charge is 0.159 e. The van der Waals surface area contributed by atoms with Gasteiger partial charge in [0.1, 0.15) is 0 Å². The fraction of sp³-hybridized carbons (Fsp3) is 0.400. The fourth-order valence-electron chi connectivity index (χ4n) is 0.206.